The lowest BCUT2D eigenvalue weighted by molar-refractivity contribution is -0.135. The second-order valence-electron chi connectivity index (χ2n) is 8.47. The van der Waals surface area contributed by atoms with Gasteiger partial charge in [-0.05, 0) is 43.4 Å². The lowest BCUT2D eigenvalue weighted by Crippen LogP contribution is -2.46. The second-order valence-corrected chi connectivity index (χ2v) is 9.38. The van der Waals surface area contributed by atoms with Crippen LogP contribution in [0.4, 0.5) is 0 Å². The average Bonchev–Trinajstić information content (AvgIpc) is 3.33. The molecule has 3 unspecified atom stereocenters. The van der Waals surface area contributed by atoms with Crippen LogP contribution < -0.4 is 10.6 Å². The topological polar surface area (TPSA) is 56.7 Å². The maximum Gasteiger partial charge on any atom is 0.225 e. The number of amides is 1. The molecule has 1 aromatic rings. The van der Waals surface area contributed by atoms with Gasteiger partial charge in [0.05, 0.1) is 0 Å². The number of aliphatic imine (C=N–C) groups is 1. The summed E-state index contributed by atoms with van der Waals surface area (Å²) >= 11 is 3.50. The Morgan fingerprint density at radius 1 is 1.11 bits per heavy atom. The fourth-order valence-corrected chi connectivity index (χ4v) is 4.92. The van der Waals surface area contributed by atoms with Crippen LogP contribution in [0.15, 0.2) is 33.7 Å². The number of nitrogens with zero attached hydrogens (tertiary/aromatic N) is 2. The van der Waals surface area contributed by atoms with Gasteiger partial charge < -0.3 is 15.5 Å². The molecule has 1 heterocycles. The first kappa shape index (κ1) is 19.7. The Kier molecular flexibility index (Phi) is 6.24. The van der Waals surface area contributed by atoms with E-state index in [4.69, 9.17) is 0 Å². The summed E-state index contributed by atoms with van der Waals surface area (Å²) in [7, 11) is 1.83. The molecule has 2 aliphatic carbocycles. The molecule has 2 saturated carbocycles. The van der Waals surface area contributed by atoms with Gasteiger partial charge >= 0.3 is 0 Å². The van der Waals surface area contributed by atoms with Gasteiger partial charge in [0.25, 0.3) is 0 Å². The van der Waals surface area contributed by atoms with Gasteiger partial charge in [-0.2, -0.15) is 0 Å². The van der Waals surface area contributed by atoms with E-state index in [2.05, 4.69) is 60.7 Å². The highest BCUT2D eigenvalue weighted by molar-refractivity contribution is 9.10. The van der Waals surface area contributed by atoms with E-state index in [9.17, 15) is 4.79 Å². The minimum atomic E-state index is 0.267. The van der Waals surface area contributed by atoms with Crippen molar-refractivity contribution in [3.05, 3.63) is 34.3 Å². The van der Waals surface area contributed by atoms with Crippen LogP contribution in [0.1, 0.15) is 56.4 Å². The van der Waals surface area contributed by atoms with Gasteiger partial charge in [-0.25, -0.2) is 0 Å². The molecule has 4 rings (SSSR count). The fraction of sp³-hybridized carbons (Fsp3) is 0.636. The third kappa shape index (κ3) is 4.70. The molecule has 0 radical (unpaired) electrons. The number of rotatable bonds is 4. The third-order valence-corrected chi connectivity index (χ3v) is 6.96. The standard InChI is InChI=1S/C22H31BrN4O/c1-24-22(26-20-13-19(20)15-7-9-17(23)10-8-15)25-18-11-12-27(14-18)21(28)16-5-3-2-4-6-16/h7-10,16,18-20H,2-6,11-14H2,1H3,(H2,24,25,26). The van der Waals surface area contributed by atoms with Crippen molar-refractivity contribution in [2.75, 3.05) is 20.1 Å². The first-order chi connectivity index (χ1) is 13.6. The number of likely N-dealkylation sites (tertiary alicyclic amines) is 1. The molecule has 152 valence electrons. The van der Waals surface area contributed by atoms with E-state index in [1.807, 2.05) is 7.05 Å². The summed E-state index contributed by atoms with van der Waals surface area (Å²) in [4.78, 5) is 19.3. The third-order valence-electron chi connectivity index (χ3n) is 6.43. The summed E-state index contributed by atoms with van der Waals surface area (Å²) in [6, 6.07) is 9.33. The summed E-state index contributed by atoms with van der Waals surface area (Å²) < 4.78 is 1.12. The van der Waals surface area contributed by atoms with Gasteiger partial charge in [-0.15, -0.1) is 0 Å². The molecule has 1 aromatic carbocycles. The van der Waals surface area contributed by atoms with Crippen LogP contribution in [-0.2, 0) is 4.79 Å². The molecular weight excluding hydrogens is 416 g/mol. The van der Waals surface area contributed by atoms with Crippen LogP contribution >= 0.6 is 15.9 Å². The summed E-state index contributed by atoms with van der Waals surface area (Å²) in [5.41, 5.74) is 1.38. The van der Waals surface area contributed by atoms with Gasteiger partial charge in [0, 0.05) is 48.5 Å². The first-order valence-corrected chi connectivity index (χ1v) is 11.5. The minimum absolute atomic E-state index is 0.267. The zero-order valence-electron chi connectivity index (χ0n) is 16.7. The van der Waals surface area contributed by atoms with Crippen LogP contribution in [0, 0.1) is 5.92 Å². The van der Waals surface area contributed by atoms with Gasteiger partial charge in [0.1, 0.15) is 0 Å². The van der Waals surface area contributed by atoms with E-state index in [0.29, 0.717) is 23.9 Å². The van der Waals surface area contributed by atoms with Crippen molar-refractivity contribution in [1.82, 2.24) is 15.5 Å². The van der Waals surface area contributed by atoms with Crippen molar-refractivity contribution in [2.24, 2.45) is 10.9 Å². The van der Waals surface area contributed by atoms with Crippen molar-refractivity contribution < 1.29 is 4.79 Å². The maximum atomic E-state index is 12.8. The number of hydrogen-bond donors (Lipinski definition) is 2. The lowest BCUT2D eigenvalue weighted by atomic mass is 9.88. The van der Waals surface area contributed by atoms with Crippen molar-refractivity contribution in [2.45, 2.75) is 62.9 Å². The zero-order chi connectivity index (χ0) is 19.5. The summed E-state index contributed by atoms with van der Waals surface area (Å²) in [5, 5.41) is 7.11. The number of guanidine groups is 1. The molecule has 1 aliphatic heterocycles. The van der Waals surface area contributed by atoms with E-state index >= 15 is 0 Å². The molecule has 1 saturated heterocycles. The highest BCUT2D eigenvalue weighted by atomic mass is 79.9. The summed E-state index contributed by atoms with van der Waals surface area (Å²) in [5.74, 6) is 2.06. The highest BCUT2D eigenvalue weighted by Crippen LogP contribution is 2.41. The van der Waals surface area contributed by atoms with Crippen molar-refractivity contribution >= 4 is 27.8 Å². The Hall–Kier alpha value is -1.56. The molecule has 0 aromatic heterocycles. The van der Waals surface area contributed by atoms with Crippen LogP contribution in [0.25, 0.3) is 0 Å². The number of carbonyl (C=O) groups excluding carboxylic acids is 1. The smallest absolute Gasteiger partial charge is 0.225 e. The Balaban J connectivity index is 1.24. The molecule has 3 atom stereocenters. The van der Waals surface area contributed by atoms with Crippen LogP contribution in [0.3, 0.4) is 0 Å². The Bertz CT molecular complexity index is 714. The second kappa shape index (κ2) is 8.85. The number of nitrogens with one attached hydrogen (secondary N) is 2. The highest BCUT2D eigenvalue weighted by Gasteiger charge is 2.39. The molecule has 5 nitrogen and oxygen atoms in total. The quantitative estimate of drug-likeness (QED) is 0.547. The largest absolute Gasteiger partial charge is 0.353 e. The minimum Gasteiger partial charge on any atom is -0.353 e. The summed E-state index contributed by atoms with van der Waals surface area (Å²) in [6.45, 7) is 1.67. The molecular formula is C22H31BrN4O. The SMILES string of the molecule is CN=C(NC1CCN(C(=O)C2CCCCC2)C1)NC1CC1c1ccc(Br)cc1. The van der Waals surface area contributed by atoms with Gasteiger partial charge in [0.15, 0.2) is 5.96 Å². The van der Waals surface area contributed by atoms with E-state index in [0.717, 1.165) is 49.2 Å². The molecule has 3 fully saturated rings. The summed E-state index contributed by atoms with van der Waals surface area (Å²) in [6.07, 6.45) is 8.01. The molecule has 1 amide bonds. The average molecular weight is 447 g/mol. The number of halogens is 1. The molecule has 0 spiro atoms. The van der Waals surface area contributed by atoms with Crippen LogP contribution in [0.5, 0.6) is 0 Å². The first-order valence-electron chi connectivity index (χ1n) is 10.7. The Labute approximate surface area is 176 Å². The fourth-order valence-electron chi connectivity index (χ4n) is 4.66. The predicted octanol–water partition coefficient (Wildman–Crippen LogP) is 3.65. The molecule has 0 bridgehead atoms. The normalized spacial score (nSPS) is 28.3. The Morgan fingerprint density at radius 2 is 1.86 bits per heavy atom. The van der Waals surface area contributed by atoms with Gasteiger partial charge in [0.2, 0.25) is 5.91 Å². The van der Waals surface area contributed by atoms with Crippen molar-refractivity contribution in [3.8, 4) is 0 Å². The van der Waals surface area contributed by atoms with Crippen molar-refractivity contribution in [1.29, 1.82) is 0 Å². The number of carbonyl (C=O) groups is 1. The van der Waals surface area contributed by atoms with E-state index in [-0.39, 0.29) is 5.92 Å². The molecule has 28 heavy (non-hydrogen) atoms. The Morgan fingerprint density at radius 3 is 2.57 bits per heavy atom. The van der Waals surface area contributed by atoms with Crippen LogP contribution in [-0.4, -0.2) is 49.0 Å². The van der Waals surface area contributed by atoms with Gasteiger partial charge in [-0.1, -0.05) is 47.3 Å². The number of hydrogen-bond acceptors (Lipinski definition) is 2. The van der Waals surface area contributed by atoms with Crippen LogP contribution in [0.2, 0.25) is 0 Å². The molecule has 6 heteroatoms. The van der Waals surface area contributed by atoms with E-state index in [1.165, 1.54) is 24.8 Å². The van der Waals surface area contributed by atoms with Gasteiger partial charge in [-0.3, -0.25) is 9.79 Å². The van der Waals surface area contributed by atoms with Crippen molar-refractivity contribution in [3.63, 3.8) is 0 Å². The van der Waals surface area contributed by atoms with E-state index in [1.54, 1.807) is 0 Å². The predicted molar refractivity (Wildman–Crippen MR) is 116 cm³/mol. The molecule has 2 N–H and O–H groups in total. The van der Waals surface area contributed by atoms with E-state index < -0.39 is 0 Å². The monoisotopic (exact) mass is 446 g/mol. The number of benzene rings is 1. The zero-order valence-corrected chi connectivity index (χ0v) is 18.2. The maximum absolute atomic E-state index is 12.8. The molecule has 3 aliphatic rings. The lowest BCUT2D eigenvalue weighted by Gasteiger charge is -2.26.